The molecule has 2 fully saturated rings. The van der Waals surface area contributed by atoms with Crippen molar-refractivity contribution in [3.05, 3.63) is 30.3 Å². The second-order valence-corrected chi connectivity index (χ2v) is 8.35. The number of benzene rings is 1. The highest BCUT2D eigenvalue weighted by molar-refractivity contribution is 14.0. The molecule has 0 amide bonds. The number of nitrogens with one attached hydrogen (secondary N) is 2. The van der Waals surface area contributed by atoms with Crippen molar-refractivity contribution in [2.24, 2.45) is 10.4 Å². The van der Waals surface area contributed by atoms with Gasteiger partial charge in [0.25, 0.3) is 0 Å². The van der Waals surface area contributed by atoms with Gasteiger partial charge in [-0.05, 0) is 44.7 Å². The Bertz CT molecular complexity index is 604. The number of halogens is 1. The summed E-state index contributed by atoms with van der Waals surface area (Å²) in [5.41, 5.74) is 1.23. The van der Waals surface area contributed by atoms with E-state index in [4.69, 9.17) is 4.99 Å². The smallest absolute Gasteiger partial charge is 0.191 e. The lowest BCUT2D eigenvalue weighted by molar-refractivity contribution is 0.00715. The van der Waals surface area contributed by atoms with E-state index in [0.29, 0.717) is 12.6 Å². The molecule has 5 nitrogen and oxygen atoms in total. The van der Waals surface area contributed by atoms with Crippen LogP contribution in [0, 0.1) is 5.41 Å². The van der Waals surface area contributed by atoms with Crippen LogP contribution in [0.5, 0.6) is 0 Å². The van der Waals surface area contributed by atoms with Crippen molar-refractivity contribution in [2.45, 2.75) is 64.5 Å². The summed E-state index contributed by atoms with van der Waals surface area (Å²) in [6.45, 7) is 7.96. The molecule has 2 unspecified atom stereocenters. The molecule has 1 saturated heterocycles. The van der Waals surface area contributed by atoms with Gasteiger partial charge in [-0.2, -0.15) is 0 Å². The molecule has 1 aromatic rings. The summed E-state index contributed by atoms with van der Waals surface area (Å²) >= 11 is 0. The Kier molecular flexibility index (Phi) is 9.34. The van der Waals surface area contributed by atoms with E-state index in [1.807, 2.05) is 0 Å². The Hall–Kier alpha value is -1.02. The largest absolute Gasteiger partial charge is 0.392 e. The fourth-order valence-electron chi connectivity index (χ4n) is 4.26. The molecule has 2 aliphatic rings. The fraction of sp³-hybridized carbons (Fsp3) is 0.682. The number of anilines is 1. The second-order valence-electron chi connectivity index (χ2n) is 8.35. The topological polar surface area (TPSA) is 59.9 Å². The van der Waals surface area contributed by atoms with Gasteiger partial charge in [0, 0.05) is 36.8 Å². The van der Waals surface area contributed by atoms with E-state index in [9.17, 15) is 5.11 Å². The van der Waals surface area contributed by atoms with Crippen LogP contribution in [0.4, 0.5) is 5.69 Å². The van der Waals surface area contributed by atoms with Gasteiger partial charge < -0.3 is 20.6 Å². The summed E-state index contributed by atoms with van der Waals surface area (Å²) < 4.78 is 0. The zero-order valence-electron chi connectivity index (χ0n) is 17.4. The molecular formula is C22H37IN4O. The van der Waals surface area contributed by atoms with E-state index in [2.05, 4.69) is 59.7 Å². The van der Waals surface area contributed by atoms with E-state index < -0.39 is 0 Å². The standard InChI is InChI=1S/C22H36N4O.HI/c1-3-23-21(24-17-22(2)14-8-7-11-20(22)27)25-18-12-15-26(16-13-18)19-9-5-4-6-10-19;/h4-6,9-10,18,20,27H,3,7-8,11-17H2,1-2H3,(H2,23,24,25);1H. The predicted molar refractivity (Wildman–Crippen MR) is 129 cm³/mol. The van der Waals surface area contributed by atoms with Crippen molar-refractivity contribution in [3.63, 3.8) is 0 Å². The molecule has 28 heavy (non-hydrogen) atoms. The van der Waals surface area contributed by atoms with E-state index in [1.165, 1.54) is 12.1 Å². The van der Waals surface area contributed by atoms with E-state index in [0.717, 1.165) is 57.7 Å². The number of hydrogen-bond donors (Lipinski definition) is 3. The SMILES string of the molecule is CCNC(=NCC1(C)CCCCC1O)NC1CCN(c2ccccc2)CC1.I. The number of hydrogen-bond acceptors (Lipinski definition) is 3. The van der Waals surface area contributed by atoms with Crippen LogP contribution in [0.15, 0.2) is 35.3 Å². The molecule has 3 rings (SSSR count). The van der Waals surface area contributed by atoms with Crippen molar-refractivity contribution in [1.82, 2.24) is 10.6 Å². The lowest BCUT2D eigenvalue weighted by Gasteiger charge is -2.37. The predicted octanol–water partition coefficient (Wildman–Crippen LogP) is 3.77. The van der Waals surface area contributed by atoms with Crippen LogP contribution in [0.1, 0.15) is 52.4 Å². The van der Waals surface area contributed by atoms with Crippen LogP contribution < -0.4 is 15.5 Å². The Morgan fingerprint density at radius 2 is 1.89 bits per heavy atom. The summed E-state index contributed by atoms with van der Waals surface area (Å²) in [5.74, 6) is 0.898. The maximum atomic E-state index is 10.4. The first kappa shape index (κ1) is 23.3. The number of para-hydroxylation sites is 1. The molecule has 1 aromatic carbocycles. The fourth-order valence-corrected chi connectivity index (χ4v) is 4.26. The van der Waals surface area contributed by atoms with E-state index in [1.54, 1.807) is 0 Å². The van der Waals surface area contributed by atoms with Gasteiger partial charge in [0.2, 0.25) is 0 Å². The molecule has 1 heterocycles. The number of aliphatic hydroxyl groups excluding tert-OH is 1. The number of aliphatic imine (C=N–C) groups is 1. The summed E-state index contributed by atoms with van der Waals surface area (Å²) in [6, 6.07) is 11.1. The lowest BCUT2D eigenvalue weighted by Crippen LogP contribution is -2.49. The van der Waals surface area contributed by atoms with Crippen molar-refractivity contribution >= 4 is 35.6 Å². The molecule has 0 radical (unpaired) electrons. The van der Waals surface area contributed by atoms with Crippen LogP contribution in [0.25, 0.3) is 0 Å². The summed E-state index contributed by atoms with van der Waals surface area (Å²) in [6.07, 6.45) is 6.30. The van der Waals surface area contributed by atoms with Crippen molar-refractivity contribution in [1.29, 1.82) is 0 Å². The first-order valence-corrected chi connectivity index (χ1v) is 10.6. The molecule has 158 valence electrons. The van der Waals surface area contributed by atoms with E-state index in [-0.39, 0.29) is 35.5 Å². The Balaban J connectivity index is 0.00000280. The van der Waals surface area contributed by atoms with Crippen LogP contribution in [-0.4, -0.2) is 49.4 Å². The minimum Gasteiger partial charge on any atom is -0.392 e. The highest BCUT2D eigenvalue weighted by Crippen LogP contribution is 2.36. The monoisotopic (exact) mass is 500 g/mol. The van der Waals surface area contributed by atoms with Gasteiger partial charge in [-0.15, -0.1) is 24.0 Å². The van der Waals surface area contributed by atoms with Gasteiger partial charge in [-0.25, -0.2) is 0 Å². The number of rotatable bonds is 5. The maximum Gasteiger partial charge on any atom is 0.191 e. The first-order valence-electron chi connectivity index (χ1n) is 10.6. The zero-order valence-corrected chi connectivity index (χ0v) is 19.7. The molecule has 0 bridgehead atoms. The normalized spacial score (nSPS) is 26.5. The minimum absolute atomic E-state index is 0. The van der Waals surface area contributed by atoms with Gasteiger partial charge in [0.1, 0.15) is 0 Å². The number of aliphatic hydroxyl groups is 1. The summed E-state index contributed by atoms with van der Waals surface area (Å²) in [4.78, 5) is 7.31. The molecule has 6 heteroatoms. The Morgan fingerprint density at radius 1 is 1.18 bits per heavy atom. The van der Waals surface area contributed by atoms with Gasteiger partial charge in [-0.3, -0.25) is 4.99 Å². The lowest BCUT2D eigenvalue weighted by atomic mass is 9.73. The third kappa shape index (κ3) is 6.24. The van der Waals surface area contributed by atoms with Crippen molar-refractivity contribution in [2.75, 3.05) is 31.1 Å². The van der Waals surface area contributed by atoms with Crippen molar-refractivity contribution in [3.8, 4) is 0 Å². The van der Waals surface area contributed by atoms with Crippen molar-refractivity contribution < 1.29 is 5.11 Å². The minimum atomic E-state index is -0.230. The number of piperidine rings is 1. The molecule has 1 aliphatic carbocycles. The van der Waals surface area contributed by atoms with Gasteiger partial charge in [0.05, 0.1) is 12.6 Å². The highest BCUT2D eigenvalue weighted by atomic mass is 127. The quantitative estimate of drug-likeness (QED) is 0.327. The van der Waals surface area contributed by atoms with Crippen LogP contribution in [-0.2, 0) is 0 Å². The zero-order chi connectivity index (χ0) is 19.1. The first-order chi connectivity index (χ1) is 13.1. The average molecular weight is 500 g/mol. The molecule has 0 aromatic heterocycles. The van der Waals surface area contributed by atoms with Gasteiger partial charge in [-0.1, -0.05) is 38.0 Å². The third-order valence-electron chi connectivity index (χ3n) is 6.18. The number of guanidine groups is 1. The Labute approximate surface area is 187 Å². The number of nitrogens with zero attached hydrogens (tertiary/aromatic N) is 2. The summed E-state index contributed by atoms with van der Waals surface area (Å²) in [7, 11) is 0. The molecule has 3 N–H and O–H groups in total. The van der Waals surface area contributed by atoms with Gasteiger partial charge >= 0.3 is 0 Å². The summed E-state index contributed by atoms with van der Waals surface area (Å²) in [5, 5.41) is 17.4. The average Bonchev–Trinajstić information content (AvgIpc) is 2.70. The molecule has 1 saturated carbocycles. The highest BCUT2D eigenvalue weighted by Gasteiger charge is 2.35. The molecule has 0 spiro atoms. The maximum absolute atomic E-state index is 10.4. The Morgan fingerprint density at radius 3 is 2.54 bits per heavy atom. The third-order valence-corrected chi connectivity index (χ3v) is 6.18. The van der Waals surface area contributed by atoms with Crippen LogP contribution in [0.3, 0.4) is 0 Å². The van der Waals surface area contributed by atoms with Crippen LogP contribution >= 0.6 is 24.0 Å². The van der Waals surface area contributed by atoms with Crippen LogP contribution in [0.2, 0.25) is 0 Å². The molecule has 1 aliphatic heterocycles. The van der Waals surface area contributed by atoms with E-state index >= 15 is 0 Å². The van der Waals surface area contributed by atoms with Gasteiger partial charge in [0.15, 0.2) is 5.96 Å². The molecule has 2 atom stereocenters. The second kappa shape index (κ2) is 11.2. The molecular weight excluding hydrogens is 463 g/mol.